The van der Waals surface area contributed by atoms with Crippen molar-refractivity contribution in [2.24, 2.45) is 17.8 Å². The molecule has 0 spiro atoms. The molecule has 2 heterocycles. The van der Waals surface area contributed by atoms with Crippen LogP contribution in [0.5, 0.6) is 0 Å². The van der Waals surface area contributed by atoms with E-state index in [1.54, 1.807) is 6.92 Å². The summed E-state index contributed by atoms with van der Waals surface area (Å²) in [5, 5.41) is 6.80. The Morgan fingerprint density at radius 2 is 2.07 bits per heavy atom. The Morgan fingerprint density at radius 3 is 2.74 bits per heavy atom. The molecule has 5 rings (SSSR count). The number of esters is 1. The van der Waals surface area contributed by atoms with E-state index in [-0.39, 0.29) is 51.8 Å². The third kappa shape index (κ3) is 3.44. The topological polar surface area (TPSA) is 90.1 Å². The van der Waals surface area contributed by atoms with Gasteiger partial charge in [-0.15, -0.1) is 0 Å². The molecule has 2 atom stereocenters. The third-order valence-electron chi connectivity index (χ3n) is 5.58. The fourth-order valence-electron chi connectivity index (χ4n) is 4.41. The first-order chi connectivity index (χ1) is 13.1. The molecule has 3 fully saturated rings. The molecule has 0 aromatic carbocycles. The van der Waals surface area contributed by atoms with Gasteiger partial charge in [0.05, 0.1) is 18.7 Å². The van der Waals surface area contributed by atoms with E-state index < -0.39 is 5.82 Å². The van der Waals surface area contributed by atoms with Gasteiger partial charge in [0.1, 0.15) is 0 Å². The molecule has 2 aromatic rings. The van der Waals surface area contributed by atoms with Crippen LogP contribution in [0.25, 0.3) is 11.5 Å². The van der Waals surface area contributed by atoms with Gasteiger partial charge in [-0.3, -0.25) is 4.79 Å². The van der Waals surface area contributed by atoms with E-state index in [2.05, 4.69) is 36.4 Å². The number of aromatic nitrogens is 3. The maximum atomic E-state index is 15.1. The van der Waals surface area contributed by atoms with Gasteiger partial charge in [0.25, 0.3) is 0 Å². The highest BCUT2D eigenvalue weighted by atomic mass is 79.9. The van der Waals surface area contributed by atoms with Gasteiger partial charge < -0.3 is 14.6 Å². The second kappa shape index (κ2) is 7.53. The van der Waals surface area contributed by atoms with E-state index in [1.807, 2.05) is 0 Å². The largest absolute Gasteiger partial charge is 0.466 e. The van der Waals surface area contributed by atoms with Gasteiger partial charge in [-0.25, -0.2) is 14.4 Å². The van der Waals surface area contributed by atoms with Crippen LogP contribution in [0.1, 0.15) is 32.6 Å². The van der Waals surface area contributed by atoms with E-state index in [1.165, 1.54) is 12.3 Å². The van der Waals surface area contributed by atoms with E-state index in [4.69, 9.17) is 9.26 Å². The van der Waals surface area contributed by atoms with Crippen molar-refractivity contribution in [3.63, 3.8) is 0 Å². The minimum absolute atomic E-state index is 0.0190. The van der Waals surface area contributed by atoms with Gasteiger partial charge in [-0.05, 0) is 60.4 Å². The van der Waals surface area contributed by atoms with Crippen LogP contribution in [0, 0.1) is 23.6 Å². The molecule has 9 heteroatoms. The first-order valence-corrected chi connectivity index (χ1v) is 9.95. The molecule has 144 valence electrons. The van der Waals surface area contributed by atoms with Crippen molar-refractivity contribution in [1.29, 1.82) is 0 Å². The van der Waals surface area contributed by atoms with E-state index >= 15 is 4.39 Å². The smallest absolute Gasteiger partial charge is 0.311 e. The molecule has 3 saturated carbocycles. The van der Waals surface area contributed by atoms with Crippen molar-refractivity contribution in [1.82, 2.24) is 15.1 Å². The lowest BCUT2D eigenvalue weighted by atomic mass is 9.61. The number of carbonyl (C=O) groups is 1. The standard InChI is InChI=1S/C18H20BrFN4O3/c1-2-26-17(25)12-9-3-5-10(6-4-9)14(12)22-16-13(20)15(23-18(19)24-16)11-7-8-21-27-11/h7-10,12,14H,2-6H2,1H3,(H,22,23,24)/t9?,10?,12-,14-/m0/s1. The molecule has 1 N–H and O–H groups in total. The molecule has 7 nitrogen and oxygen atoms in total. The van der Waals surface area contributed by atoms with E-state index in [0.29, 0.717) is 6.61 Å². The van der Waals surface area contributed by atoms with Gasteiger partial charge in [-0.1, -0.05) is 5.16 Å². The van der Waals surface area contributed by atoms with Gasteiger partial charge in [0.15, 0.2) is 27.8 Å². The monoisotopic (exact) mass is 438 g/mol. The number of nitrogens with one attached hydrogen (secondary N) is 1. The highest BCUT2D eigenvalue weighted by molar-refractivity contribution is 9.10. The molecule has 2 bridgehead atoms. The minimum atomic E-state index is -0.626. The summed E-state index contributed by atoms with van der Waals surface area (Å²) in [7, 11) is 0. The molecule has 2 aromatic heterocycles. The quantitative estimate of drug-likeness (QED) is 0.560. The predicted molar refractivity (Wildman–Crippen MR) is 98.2 cm³/mol. The van der Waals surface area contributed by atoms with Crippen molar-refractivity contribution >= 4 is 27.7 Å². The zero-order chi connectivity index (χ0) is 19.0. The first kappa shape index (κ1) is 18.3. The van der Waals surface area contributed by atoms with E-state index in [9.17, 15) is 4.79 Å². The third-order valence-corrected chi connectivity index (χ3v) is 5.93. The van der Waals surface area contributed by atoms with Crippen LogP contribution in [-0.4, -0.2) is 33.7 Å². The average molecular weight is 439 g/mol. The maximum Gasteiger partial charge on any atom is 0.311 e. The second-order valence-corrected chi connectivity index (χ2v) is 7.71. The number of halogens is 2. The molecule has 0 radical (unpaired) electrons. The highest BCUT2D eigenvalue weighted by Gasteiger charge is 2.48. The molecular weight excluding hydrogens is 419 g/mol. The number of fused-ring (bicyclic) bond motifs is 3. The Kier molecular flexibility index (Phi) is 5.12. The van der Waals surface area contributed by atoms with Crippen LogP contribution in [0.4, 0.5) is 10.2 Å². The van der Waals surface area contributed by atoms with Crippen LogP contribution < -0.4 is 5.32 Å². The SMILES string of the molecule is CCOC(=O)[C@H]1C2CCC(CC2)[C@@H]1Nc1nc(Br)nc(-c2ccno2)c1F. The summed E-state index contributed by atoms with van der Waals surface area (Å²) >= 11 is 3.22. The van der Waals surface area contributed by atoms with Crippen LogP contribution in [0.2, 0.25) is 0 Å². The summed E-state index contributed by atoms with van der Waals surface area (Å²) in [6.45, 7) is 2.13. The van der Waals surface area contributed by atoms with Crippen LogP contribution >= 0.6 is 15.9 Å². The van der Waals surface area contributed by atoms with Crippen molar-refractivity contribution in [2.75, 3.05) is 11.9 Å². The normalized spacial score (nSPS) is 26.8. The molecule has 3 aliphatic carbocycles. The van der Waals surface area contributed by atoms with E-state index in [0.717, 1.165) is 25.7 Å². The molecule has 0 amide bonds. The van der Waals surface area contributed by atoms with Crippen LogP contribution in [0.15, 0.2) is 21.5 Å². The summed E-state index contributed by atoms with van der Waals surface area (Å²) in [6, 6.07) is 1.32. The lowest BCUT2D eigenvalue weighted by molar-refractivity contribution is -0.154. The molecular formula is C18H20BrFN4O3. The molecule has 0 aliphatic heterocycles. The number of carbonyl (C=O) groups excluding carboxylic acids is 1. The summed E-state index contributed by atoms with van der Waals surface area (Å²) in [5.41, 5.74) is 0.0190. The van der Waals surface area contributed by atoms with Gasteiger partial charge in [0, 0.05) is 12.1 Å². The number of rotatable bonds is 5. The first-order valence-electron chi connectivity index (χ1n) is 9.15. The zero-order valence-electron chi connectivity index (χ0n) is 14.8. The Bertz CT molecular complexity index is 824. The van der Waals surface area contributed by atoms with Crippen molar-refractivity contribution in [3.8, 4) is 11.5 Å². The fourth-order valence-corrected chi connectivity index (χ4v) is 4.76. The van der Waals surface area contributed by atoms with Gasteiger partial charge >= 0.3 is 5.97 Å². The molecule has 0 unspecified atom stereocenters. The van der Waals surface area contributed by atoms with Crippen molar-refractivity contribution < 1.29 is 18.4 Å². The van der Waals surface area contributed by atoms with Crippen molar-refractivity contribution in [2.45, 2.75) is 38.6 Å². The summed E-state index contributed by atoms with van der Waals surface area (Å²) in [5.74, 6) is -0.326. The molecule has 27 heavy (non-hydrogen) atoms. The number of anilines is 1. The average Bonchev–Trinajstić information content (AvgIpc) is 3.20. The zero-order valence-corrected chi connectivity index (χ0v) is 16.4. The number of hydrogen-bond donors (Lipinski definition) is 1. The van der Waals surface area contributed by atoms with Gasteiger partial charge in [0.2, 0.25) is 0 Å². The number of hydrogen-bond acceptors (Lipinski definition) is 7. The summed E-state index contributed by atoms with van der Waals surface area (Å²) in [4.78, 5) is 20.8. The lowest BCUT2D eigenvalue weighted by Gasteiger charge is -2.47. The predicted octanol–water partition coefficient (Wildman–Crippen LogP) is 3.81. The number of ether oxygens (including phenoxy) is 1. The molecule has 0 saturated heterocycles. The Hall–Kier alpha value is -2.03. The Balaban J connectivity index is 1.67. The molecule has 3 aliphatic rings. The lowest BCUT2D eigenvalue weighted by Crippen LogP contribution is -2.52. The fraction of sp³-hybridized carbons (Fsp3) is 0.556. The number of nitrogens with zero attached hydrogens (tertiary/aromatic N) is 3. The Morgan fingerprint density at radius 1 is 1.33 bits per heavy atom. The van der Waals surface area contributed by atoms with Gasteiger partial charge in [-0.2, -0.15) is 0 Å². The highest BCUT2D eigenvalue weighted by Crippen LogP contribution is 2.47. The van der Waals surface area contributed by atoms with Crippen LogP contribution in [-0.2, 0) is 9.53 Å². The second-order valence-electron chi connectivity index (χ2n) is 7.00. The summed E-state index contributed by atoms with van der Waals surface area (Å²) < 4.78 is 25.6. The summed E-state index contributed by atoms with van der Waals surface area (Å²) in [6.07, 6.45) is 5.47. The van der Waals surface area contributed by atoms with Crippen molar-refractivity contribution in [3.05, 3.63) is 22.8 Å². The Labute approximate surface area is 164 Å². The minimum Gasteiger partial charge on any atom is -0.466 e. The van der Waals surface area contributed by atoms with Crippen LogP contribution in [0.3, 0.4) is 0 Å². The maximum absolute atomic E-state index is 15.1.